The number of H-pyrrole nitrogens is 1. The number of rotatable bonds is 12. The Morgan fingerprint density at radius 2 is 1.81 bits per heavy atom. The standard InChI is InChI=1S/C19H30N4O16P2S/c1-33-14-8(36-18(15(14)34-2)23-6-22-9-16(23)20-5-21-17(9)29)4-35-41(32,42)39-40(30,31)38-19-12(28)10(26)11(27)13(37-19)7(25)3-24/h5-8,10-15,18-19,24-28H,3-4H2,1-2H3,(H,30,31)(H,32,42)(H,20,21,29)/t7-,8-,10+,11+,12?,13?,14?,15+,18-,19+,41?/m1/s1. The highest BCUT2D eigenvalue weighted by atomic mass is 32.5. The van der Waals surface area contributed by atoms with Crippen molar-refractivity contribution in [2.45, 2.75) is 61.3 Å². The van der Waals surface area contributed by atoms with Crippen LogP contribution in [-0.2, 0) is 48.7 Å². The summed E-state index contributed by atoms with van der Waals surface area (Å²) in [6.45, 7) is -6.11. The lowest BCUT2D eigenvalue weighted by Gasteiger charge is -2.41. The van der Waals surface area contributed by atoms with Crippen molar-refractivity contribution in [1.82, 2.24) is 19.5 Å². The molecule has 2 saturated heterocycles. The molecule has 2 aliphatic rings. The third-order valence-electron chi connectivity index (χ3n) is 6.49. The normalized spacial score (nSPS) is 35.6. The summed E-state index contributed by atoms with van der Waals surface area (Å²) in [6.07, 6.45) is -12.9. The first-order valence-corrected chi connectivity index (χ1v) is 16.1. The second-order valence-corrected chi connectivity index (χ2v) is 13.5. The third kappa shape index (κ3) is 6.98. The summed E-state index contributed by atoms with van der Waals surface area (Å²) in [6, 6.07) is 0. The summed E-state index contributed by atoms with van der Waals surface area (Å²) < 4.78 is 50.6. The summed E-state index contributed by atoms with van der Waals surface area (Å²) in [4.78, 5) is 43.3. The van der Waals surface area contributed by atoms with Crippen molar-refractivity contribution in [3.05, 3.63) is 23.0 Å². The monoisotopic (exact) mass is 664 g/mol. The fraction of sp³-hybridized carbons (Fsp3) is 0.737. The number of aliphatic hydroxyl groups excluding tert-OH is 5. The number of nitrogens with zero attached hydrogens (tertiary/aromatic N) is 3. The Balaban J connectivity index is 1.43. The topological polar surface area (TPSA) is 287 Å². The fourth-order valence-corrected chi connectivity index (χ4v) is 7.60. The van der Waals surface area contributed by atoms with E-state index in [1.54, 1.807) is 0 Å². The van der Waals surface area contributed by atoms with Crippen LogP contribution in [0.15, 0.2) is 17.4 Å². The van der Waals surface area contributed by atoms with Crippen LogP contribution in [0.2, 0.25) is 0 Å². The first-order valence-electron chi connectivity index (χ1n) is 12.0. The molecule has 12 atom stereocenters. The predicted molar refractivity (Wildman–Crippen MR) is 138 cm³/mol. The fourth-order valence-electron chi connectivity index (χ4n) is 4.51. The maximum atomic E-state index is 12.6. The Kier molecular flexibility index (Phi) is 10.7. The molecule has 0 radical (unpaired) electrons. The van der Waals surface area contributed by atoms with Gasteiger partial charge >= 0.3 is 14.5 Å². The van der Waals surface area contributed by atoms with E-state index in [0.717, 1.165) is 0 Å². The van der Waals surface area contributed by atoms with Crippen molar-refractivity contribution in [1.29, 1.82) is 0 Å². The molecular weight excluding hydrogens is 634 g/mol. The molecule has 0 bridgehead atoms. The molecule has 23 heteroatoms. The van der Waals surface area contributed by atoms with E-state index in [4.69, 9.17) is 40.4 Å². The molecule has 8 N–H and O–H groups in total. The maximum absolute atomic E-state index is 12.6. The van der Waals surface area contributed by atoms with Gasteiger partial charge in [0, 0.05) is 14.2 Å². The molecule has 2 aliphatic heterocycles. The van der Waals surface area contributed by atoms with E-state index in [9.17, 15) is 39.6 Å². The largest absolute Gasteiger partial charge is 0.481 e. The zero-order valence-corrected chi connectivity index (χ0v) is 24.4. The molecule has 0 amide bonds. The van der Waals surface area contributed by atoms with Gasteiger partial charge in [-0.05, 0) is 11.8 Å². The Bertz CT molecular complexity index is 1380. The lowest BCUT2D eigenvalue weighted by atomic mass is 9.96. The van der Waals surface area contributed by atoms with Crippen LogP contribution in [0.25, 0.3) is 11.2 Å². The van der Waals surface area contributed by atoms with Gasteiger partial charge in [0.1, 0.15) is 48.8 Å². The van der Waals surface area contributed by atoms with E-state index < -0.39 is 94.7 Å². The molecule has 2 aromatic heterocycles. The van der Waals surface area contributed by atoms with Crippen LogP contribution in [0.1, 0.15) is 6.23 Å². The Labute approximate surface area is 241 Å². The van der Waals surface area contributed by atoms with Gasteiger partial charge in [-0.15, -0.1) is 0 Å². The number of fused-ring (bicyclic) bond motifs is 1. The van der Waals surface area contributed by atoms with Gasteiger partial charge in [0.25, 0.3) is 5.56 Å². The first kappa shape index (κ1) is 33.6. The molecule has 0 aliphatic carbocycles. The van der Waals surface area contributed by atoms with E-state index in [1.165, 1.54) is 31.4 Å². The summed E-state index contributed by atoms with van der Waals surface area (Å²) in [5.41, 5.74) is -0.275. The van der Waals surface area contributed by atoms with Crippen LogP contribution in [0, 0.1) is 0 Å². The van der Waals surface area contributed by atoms with Gasteiger partial charge in [0.2, 0.25) is 0 Å². The molecule has 20 nitrogen and oxygen atoms in total. The number of hydrogen-bond acceptors (Lipinski definition) is 17. The molecule has 0 aromatic carbocycles. The second kappa shape index (κ2) is 13.3. The van der Waals surface area contributed by atoms with Crippen LogP contribution >= 0.6 is 14.5 Å². The van der Waals surface area contributed by atoms with E-state index in [0.29, 0.717) is 0 Å². The molecule has 42 heavy (non-hydrogen) atoms. The van der Waals surface area contributed by atoms with Gasteiger partial charge in [-0.2, -0.15) is 0 Å². The van der Waals surface area contributed by atoms with Crippen LogP contribution < -0.4 is 5.56 Å². The quantitative estimate of drug-likeness (QED) is 0.102. The highest BCUT2D eigenvalue weighted by Crippen LogP contribution is 2.61. The highest BCUT2D eigenvalue weighted by Gasteiger charge is 2.51. The summed E-state index contributed by atoms with van der Waals surface area (Å²) in [7, 11) is -2.71. The van der Waals surface area contributed by atoms with E-state index >= 15 is 0 Å². The number of aliphatic hydroxyl groups is 5. The van der Waals surface area contributed by atoms with Gasteiger partial charge in [-0.25, -0.2) is 18.8 Å². The van der Waals surface area contributed by atoms with Crippen molar-refractivity contribution in [3.63, 3.8) is 0 Å². The summed E-state index contributed by atoms with van der Waals surface area (Å²) in [5, 5.41) is 49.0. The van der Waals surface area contributed by atoms with Crippen LogP contribution in [0.5, 0.6) is 0 Å². The molecule has 0 saturated carbocycles. The number of nitrogens with one attached hydrogen (secondary N) is 1. The van der Waals surface area contributed by atoms with Gasteiger partial charge in [0.05, 0.1) is 25.9 Å². The predicted octanol–water partition coefficient (Wildman–Crippen LogP) is -3.43. The number of phosphoric ester groups is 1. The minimum atomic E-state index is -5.42. The molecule has 5 unspecified atom stereocenters. The highest BCUT2D eigenvalue weighted by molar-refractivity contribution is 8.08. The molecule has 0 spiro atoms. The molecule has 4 rings (SSSR count). The molecule has 238 valence electrons. The van der Waals surface area contributed by atoms with Crippen molar-refractivity contribution in [2.75, 3.05) is 27.4 Å². The van der Waals surface area contributed by atoms with Crippen molar-refractivity contribution in [2.24, 2.45) is 0 Å². The lowest BCUT2D eigenvalue weighted by molar-refractivity contribution is -0.292. The van der Waals surface area contributed by atoms with Gasteiger partial charge in [0.15, 0.2) is 23.7 Å². The van der Waals surface area contributed by atoms with Gasteiger partial charge < -0.3 is 63.8 Å². The number of aromatic amines is 1. The lowest BCUT2D eigenvalue weighted by Crippen LogP contribution is -2.61. The smallest absolute Gasteiger partial charge is 0.394 e. The minimum Gasteiger partial charge on any atom is -0.394 e. The van der Waals surface area contributed by atoms with Crippen molar-refractivity contribution in [3.8, 4) is 0 Å². The number of ether oxygens (including phenoxy) is 4. The molecule has 2 fully saturated rings. The Hall–Kier alpha value is -1.33. The van der Waals surface area contributed by atoms with E-state index in [-0.39, 0.29) is 11.2 Å². The summed E-state index contributed by atoms with van der Waals surface area (Å²) in [5.74, 6) is 0. The Morgan fingerprint density at radius 3 is 2.45 bits per heavy atom. The minimum absolute atomic E-state index is 0.0360. The van der Waals surface area contributed by atoms with E-state index in [2.05, 4.69) is 23.8 Å². The van der Waals surface area contributed by atoms with Crippen LogP contribution in [0.3, 0.4) is 0 Å². The number of imidazole rings is 1. The number of methoxy groups -OCH3 is 2. The first-order chi connectivity index (χ1) is 19.7. The molecule has 4 heterocycles. The van der Waals surface area contributed by atoms with Crippen molar-refractivity contribution >= 4 is 37.5 Å². The zero-order chi connectivity index (χ0) is 31.0. The van der Waals surface area contributed by atoms with Crippen molar-refractivity contribution < 1.29 is 72.2 Å². The average molecular weight is 664 g/mol. The molecule has 2 aromatic rings. The third-order valence-corrected chi connectivity index (χ3v) is 10.0. The van der Waals surface area contributed by atoms with E-state index in [1.807, 2.05) is 0 Å². The summed E-state index contributed by atoms with van der Waals surface area (Å²) >= 11 is 4.82. The molecular formula is C19H30N4O16P2S. The average Bonchev–Trinajstić information content (AvgIpc) is 3.52. The van der Waals surface area contributed by atoms with Crippen LogP contribution in [-0.4, -0.2) is 137 Å². The van der Waals surface area contributed by atoms with Gasteiger partial charge in [-0.3, -0.25) is 13.9 Å². The van der Waals surface area contributed by atoms with Gasteiger partial charge in [-0.1, -0.05) is 0 Å². The second-order valence-electron chi connectivity index (χ2n) is 9.13. The Morgan fingerprint density at radius 1 is 1.12 bits per heavy atom. The van der Waals surface area contributed by atoms with Crippen LogP contribution in [0.4, 0.5) is 0 Å². The number of aromatic nitrogens is 4. The zero-order valence-electron chi connectivity index (χ0n) is 21.8. The SMILES string of the molecule is COC1[C@@H](COP(O)(=S)OP(=O)(O)O[C@@H]2OC([C@H](O)CO)[C@@H](O)[C@H](O)C2O)O[C@@H](n2cnc3c(=O)[nH]cnc32)[C@H]1OC. The number of phosphoric acid groups is 1. The number of hydrogen-bond donors (Lipinski definition) is 8. The maximum Gasteiger partial charge on any atom is 0.481 e.